The number of para-hydroxylation sites is 3. The molecule has 0 atom stereocenters. The van der Waals surface area contributed by atoms with Crippen molar-refractivity contribution in [2.24, 2.45) is 0 Å². The first-order valence-corrected chi connectivity index (χ1v) is 25.4. The van der Waals surface area contributed by atoms with Crippen LogP contribution in [0.3, 0.4) is 0 Å². The molecule has 0 saturated carbocycles. The van der Waals surface area contributed by atoms with Crippen LogP contribution < -0.4 is 0 Å². The van der Waals surface area contributed by atoms with E-state index in [0.29, 0.717) is 17.5 Å². The van der Waals surface area contributed by atoms with Gasteiger partial charge >= 0.3 is 0 Å². The van der Waals surface area contributed by atoms with E-state index >= 15 is 0 Å². The van der Waals surface area contributed by atoms with Gasteiger partial charge in [0.05, 0.1) is 22.1 Å². The summed E-state index contributed by atoms with van der Waals surface area (Å²) in [6.07, 6.45) is 0. The van der Waals surface area contributed by atoms with Crippen LogP contribution in [0.2, 0.25) is 0 Å². The molecule has 0 aliphatic carbocycles. The molecular formula is C69H41N5O. The van der Waals surface area contributed by atoms with Crippen LogP contribution in [0.1, 0.15) is 0 Å². The molecule has 6 heteroatoms. The van der Waals surface area contributed by atoms with Crippen molar-refractivity contribution in [1.29, 1.82) is 0 Å². The van der Waals surface area contributed by atoms with Crippen molar-refractivity contribution < 1.29 is 4.42 Å². The van der Waals surface area contributed by atoms with Crippen LogP contribution in [0.4, 0.5) is 0 Å². The number of hydrogen-bond donors (Lipinski definition) is 0. The lowest BCUT2D eigenvalue weighted by Crippen LogP contribution is -2.00. The van der Waals surface area contributed by atoms with Crippen LogP contribution in [0.5, 0.6) is 0 Å². The maximum absolute atomic E-state index is 6.22. The van der Waals surface area contributed by atoms with E-state index in [9.17, 15) is 0 Å². The second-order valence-corrected chi connectivity index (χ2v) is 19.5. The van der Waals surface area contributed by atoms with E-state index in [1.54, 1.807) is 0 Å². The SMILES string of the molecule is c1ccc(-c2nc(-c3ccccc3)nc(-c3ccc4c5ccc(-n6c7ccccc7c7cc(-c8ccc9c(c8)c8ccccc8n9-c8ccc9oc%10ccccc%10c9c8)ccc76)cc5c5ccccc5c4c3)n2)cc1. The molecule has 348 valence electrons. The van der Waals surface area contributed by atoms with Gasteiger partial charge in [-0.3, -0.25) is 0 Å². The molecule has 4 aromatic heterocycles. The standard InChI is InChI=1S/C69H41N5O/c1-3-15-42(16-4-1)67-70-68(43-17-5-2-6-18-43)72-69(71-67)46-27-32-51-52-33-30-47(40-57(52)50-20-8-7-19-49(50)56(51)39-46)73-61-24-12-9-21-53(61)58-37-44(28-34-63(58)73)45-29-35-64-59(38-45)54-22-10-13-25-62(54)74(64)48-31-36-66-60(41-48)55-23-11-14-26-65(55)75-66/h1-41H. The summed E-state index contributed by atoms with van der Waals surface area (Å²) in [5.74, 6) is 1.93. The second-order valence-electron chi connectivity index (χ2n) is 19.5. The fourth-order valence-corrected chi connectivity index (χ4v) is 11.9. The third kappa shape index (κ3) is 6.43. The molecular weight excluding hydrogens is 915 g/mol. The van der Waals surface area contributed by atoms with Crippen LogP contribution in [-0.4, -0.2) is 24.1 Å². The van der Waals surface area contributed by atoms with Crippen LogP contribution >= 0.6 is 0 Å². The number of benzene rings is 12. The number of aromatic nitrogens is 5. The largest absolute Gasteiger partial charge is 0.456 e. The van der Waals surface area contributed by atoms with Gasteiger partial charge in [-0.25, -0.2) is 15.0 Å². The molecule has 0 N–H and O–H groups in total. The van der Waals surface area contributed by atoms with E-state index in [1.807, 2.05) is 72.8 Å². The van der Waals surface area contributed by atoms with Gasteiger partial charge < -0.3 is 13.6 Å². The van der Waals surface area contributed by atoms with Crippen LogP contribution in [0, 0.1) is 0 Å². The summed E-state index contributed by atoms with van der Waals surface area (Å²) in [6, 6.07) is 89.0. The van der Waals surface area contributed by atoms with Gasteiger partial charge in [0.1, 0.15) is 11.2 Å². The van der Waals surface area contributed by atoms with E-state index in [1.165, 1.54) is 76.2 Å². The maximum Gasteiger partial charge on any atom is 0.164 e. The molecule has 16 rings (SSSR count). The number of furan rings is 1. The normalized spacial score (nSPS) is 12.0. The van der Waals surface area contributed by atoms with Crippen molar-refractivity contribution in [2.75, 3.05) is 0 Å². The van der Waals surface area contributed by atoms with Gasteiger partial charge in [-0.1, -0.05) is 170 Å². The average molecular weight is 956 g/mol. The summed E-state index contributed by atoms with van der Waals surface area (Å²) in [4.78, 5) is 15.1. The topological polar surface area (TPSA) is 61.7 Å². The summed E-state index contributed by atoms with van der Waals surface area (Å²) in [5, 5.41) is 14.2. The summed E-state index contributed by atoms with van der Waals surface area (Å²) < 4.78 is 11.0. The Bertz CT molecular complexity index is 4930. The summed E-state index contributed by atoms with van der Waals surface area (Å²) in [6.45, 7) is 0. The fourth-order valence-electron chi connectivity index (χ4n) is 11.9. The van der Waals surface area contributed by atoms with Gasteiger partial charge in [-0.2, -0.15) is 0 Å². The molecule has 0 bridgehead atoms. The van der Waals surface area contributed by atoms with Gasteiger partial charge in [0.15, 0.2) is 17.5 Å². The minimum absolute atomic E-state index is 0.639. The summed E-state index contributed by atoms with van der Waals surface area (Å²) in [7, 11) is 0. The molecule has 75 heavy (non-hydrogen) atoms. The Morgan fingerprint density at radius 1 is 0.227 bits per heavy atom. The first-order valence-electron chi connectivity index (χ1n) is 25.4. The Balaban J connectivity index is 0.817. The first-order chi connectivity index (χ1) is 37.2. The summed E-state index contributed by atoms with van der Waals surface area (Å²) >= 11 is 0. The molecule has 16 aromatic rings. The minimum atomic E-state index is 0.639. The van der Waals surface area contributed by atoms with Gasteiger partial charge in [-0.05, 0) is 122 Å². The van der Waals surface area contributed by atoms with E-state index < -0.39 is 0 Å². The predicted octanol–water partition coefficient (Wildman–Crippen LogP) is 18.1. The summed E-state index contributed by atoms with van der Waals surface area (Å²) in [5.41, 5.74) is 13.9. The van der Waals surface area contributed by atoms with Gasteiger partial charge in [0.25, 0.3) is 0 Å². The smallest absolute Gasteiger partial charge is 0.164 e. The number of fused-ring (bicyclic) bond motifs is 15. The molecule has 12 aromatic carbocycles. The average Bonchev–Trinajstić information content (AvgIpc) is 4.16. The van der Waals surface area contributed by atoms with Crippen molar-refractivity contribution in [3.63, 3.8) is 0 Å². The van der Waals surface area contributed by atoms with Gasteiger partial charge in [0, 0.05) is 60.4 Å². The van der Waals surface area contributed by atoms with Crippen molar-refractivity contribution in [3.8, 4) is 56.7 Å². The third-order valence-corrected chi connectivity index (χ3v) is 15.3. The first kappa shape index (κ1) is 41.4. The van der Waals surface area contributed by atoms with Crippen molar-refractivity contribution in [3.05, 3.63) is 249 Å². The predicted molar refractivity (Wildman–Crippen MR) is 310 cm³/mol. The molecule has 6 nitrogen and oxygen atoms in total. The van der Waals surface area contributed by atoms with Crippen LogP contribution in [-0.2, 0) is 0 Å². The van der Waals surface area contributed by atoms with E-state index in [0.717, 1.165) is 60.9 Å². The zero-order valence-electron chi connectivity index (χ0n) is 40.3. The molecule has 0 unspecified atom stereocenters. The molecule has 0 amide bonds. The number of hydrogen-bond acceptors (Lipinski definition) is 4. The van der Waals surface area contributed by atoms with Crippen molar-refractivity contribution >= 4 is 97.9 Å². The highest BCUT2D eigenvalue weighted by atomic mass is 16.3. The third-order valence-electron chi connectivity index (χ3n) is 15.3. The lowest BCUT2D eigenvalue weighted by molar-refractivity contribution is 0.669. The molecule has 4 heterocycles. The van der Waals surface area contributed by atoms with Crippen LogP contribution in [0.15, 0.2) is 253 Å². The Kier molecular flexibility index (Phi) is 8.94. The highest BCUT2D eigenvalue weighted by Gasteiger charge is 2.20. The molecule has 0 saturated heterocycles. The molecule has 0 aliphatic rings. The number of nitrogens with zero attached hydrogens (tertiary/aromatic N) is 5. The molecule has 0 radical (unpaired) electrons. The fraction of sp³-hybridized carbons (Fsp3) is 0. The second kappa shape index (κ2) is 16.2. The lowest BCUT2D eigenvalue weighted by atomic mass is 9.93. The Hall–Kier alpha value is -10.2. The van der Waals surface area contributed by atoms with Crippen molar-refractivity contribution in [1.82, 2.24) is 24.1 Å². The molecule has 0 aliphatic heterocycles. The highest BCUT2D eigenvalue weighted by Crippen LogP contribution is 2.42. The van der Waals surface area contributed by atoms with Gasteiger partial charge in [0.2, 0.25) is 0 Å². The number of rotatable bonds is 6. The van der Waals surface area contributed by atoms with E-state index in [2.05, 4.69) is 185 Å². The van der Waals surface area contributed by atoms with Crippen molar-refractivity contribution in [2.45, 2.75) is 0 Å². The Morgan fingerprint density at radius 2 is 0.613 bits per heavy atom. The molecule has 0 fully saturated rings. The van der Waals surface area contributed by atoms with Crippen LogP contribution in [0.25, 0.3) is 155 Å². The quantitative estimate of drug-likeness (QED) is 0.156. The maximum atomic E-state index is 6.22. The van der Waals surface area contributed by atoms with E-state index in [4.69, 9.17) is 19.4 Å². The Labute approximate surface area is 429 Å². The minimum Gasteiger partial charge on any atom is -0.456 e. The molecule has 0 spiro atoms. The zero-order valence-corrected chi connectivity index (χ0v) is 40.3. The highest BCUT2D eigenvalue weighted by molar-refractivity contribution is 6.26. The monoisotopic (exact) mass is 955 g/mol. The Morgan fingerprint density at radius 3 is 1.20 bits per heavy atom. The van der Waals surface area contributed by atoms with Gasteiger partial charge in [-0.15, -0.1) is 0 Å². The van der Waals surface area contributed by atoms with E-state index in [-0.39, 0.29) is 0 Å². The lowest BCUT2D eigenvalue weighted by Gasteiger charge is -2.15. The zero-order chi connectivity index (χ0) is 49.1.